The topological polar surface area (TPSA) is 61.4 Å². The highest BCUT2D eigenvalue weighted by Gasteiger charge is 1.98. The van der Waals surface area contributed by atoms with Gasteiger partial charge in [-0.05, 0) is 13.8 Å². The highest BCUT2D eigenvalue weighted by molar-refractivity contribution is 4.88. The van der Waals surface area contributed by atoms with E-state index in [1.807, 2.05) is 26.2 Å². The summed E-state index contributed by atoms with van der Waals surface area (Å²) in [5, 5.41) is 15.5. The lowest BCUT2D eigenvalue weighted by atomic mass is 10.6. The predicted molar refractivity (Wildman–Crippen MR) is 44.9 cm³/mol. The highest BCUT2D eigenvalue weighted by atomic mass is 15.5. The van der Waals surface area contributed by atoms with Crippen LogP contribution < -0.4 is 0 Å². The van der Waals surface area contributed by atoms with E-state index >= 15 is 0 Å². The number of nitrogens with zero attached hydrogens (tertiary/aromatic N) is 6. The number of hydrogen-bond acceptors (Lipinski definition) is 4. The second-order valence-corrected chi connectivity index (χ2v) is 2.94. The third-order valence-corrected chi connectivity index (χ3v) is 1.60. The van der Waals surface area contributed by atoms with Crippen LogP contribution >= 0.6 is 0 Å². The fourth-order valence-electron chi connectivity index (χ4n) is 1.08. The van der Waals surface area contributed by atoms with Gasteiger partial charge in [0.1, 0.15) is 6.67 Å². The van der Waals surface area contributed by atoms with Crippen LogP contribution in [0.25, 0.3) is 0 Å². The van der Waals surface area contributed by atoms with Gasteiger partial charge in [-0.2, -0.15) is 0 Å². The maximum atomic E-state index is 3.90. The summed E-state index contributed by atoms with van der Waals surface area (Å²) < 4.78 is 3.42. The zero-order chi connectivity index (χ0) is 9.26. The van der Waals surface area contributed by atoms with Crippen molar-refractivity contribution in [1.29, 1.82) is 0 Å². The zero-order valence-electron chi connectivity index (χ0n) is 7.55. The fraction of sp³-hybridized carbons (Fsp3) is 0.429. The average Bonchev–Trinajstić information content (AvgIpc) is 2.62. The molecule has 0 radical (unpaired) electrons. The van der Waals surface area contributed by atoms with E-state index in [1.54, 1.807) is 9.36 Å². The quantitative estimate of drug-likeness (QED) is 0.649. The van der Waals surface area contributed by atoms with E-state index in [1.165, 1.54) is 0 Å². The minimum absolute atomic E-state index is 0.557. The summed E-state index contributed by atoms with van der Waals surface area (Å²) in [6, 6.07) is 0. The SMILES string of the molecule is Cc1cn(Cn2cc(C)nn2)nn1. The number of hydrogen-bond donors (Lipinski definition) is 0. The van der Waals surface area contributed by atoms with Gasteiger partial charge in [-0.15, -0.1) is 10.2 Å². The summed E-state index contributed by atoms with van der Waals surface area (Å²) in [5.41, 5.74) is 1.80. The smallest absolute Gasteiger partial charge is 0.136 e. The van der Waals surface area contributed by atoms with Gasteiger partial charge in [-0.3, -0.25) is 0 Å². The molecule has 0 aliphatic carbocycles. The number of rotatable bonds is 2. The molecule has 6 heteroatoms. The van der Waals surface area contributed by atoms with E-state index in [-0.39, 0.29) is 0 Å². The fourth-order valence-corrected chi connectivity index (χ4v) is 1.08. The van der Waals surface area contributed by atoms with E-state index in [2.05, 4.69) is 20.6 Å². The van der Waals surface area contributed by atoms with Crippen LogP contribution in [-0.4, -0.2) is 30.0 Å². The molecule has 0 aliphatic rings. The molecule has 0 aromatic carbocycles. The van der Waals surface area contributed by atoms with Gasteiger partial charge in [0.05, 0.1) is 23.8 Å². The number of aromatic nitrogens is 6. The Balaban J connectivity index is 2.14. The molecule has 2 heterocycles. The standard InChI is InChI=1S/C7H10N6/c1-6-3-12(10-8-6)5-13-4-7(2)9-11-13/h3-4H,5H2,1-2H3. The van der Waals surface area contributed by atoms with Gasteiger partial charge in [-0.25, -0.2) is 9.36 Å². The molecule has 0 aliphatic heterocycles. The molecule has 6 nitrogen and oxygen atoms in total. The molecule has 2 rings (SSSR count). The maximum Gasteiger partial charge on any atom is 0.136 e. The Morgan fingerprint density at radius 1 is 1.00 bits per heavy atom. The summed E-state index contributed by atoms with van der Waals surface area (Å²) in [5.74, 6) is 0. The highest BCUT2D eigenvalue weighted by Crippen LogP contribution is 1.92. The Labute approximate surface area is 75.2 Å². The van der Waals surface area contributed by atoms with Gasteiger partial charge in [0, 0.05) is 0 Å². The second-order valence-electron chi connectivity index (χ2n) is 2.94. The first-order valence-electron chi connectivity index (χ1n) is 3.97. The van der Waals surface area contributed by atoms with Crippen LogP contribution in [-0.2, 0) is 6.67 Å². The monoisotopic (exact) mass is 178 g/mol. The summed E-state index contributed by atoms with van der Waals surface area (Å²) in [7, 11) is 0. The Bertz CT molecular complexity index is 362. The van der Waals surface area contributed by atoms with Crippen LogP contribution in [0.3, 0.4) is 0 Å². The van der Waals surface area contributed by atoms with E-state index in [0.717, 1.165) is 11.4 Å². The van der Waals surface area contributed by atoms with E-state index < -0.39 is 0 Å². The molecule has 0 atom stereocenters. The van der Waals surface area contributed by atoms with E-state index in [4.69, 9.17) is 0 Å². The van der Waals surface area contributed by atoms with Crippen LogP contribution in [0.1, 0.15) is 11.4 Å². The van der Waals surface area contributed by atoms with Gasteiger partial charge in [0.2, 0.25) is 0 Å². The van der Waals surface area contributed by atoms with Crippen LogP contribution in [0, 0.1) is 13.8 Å². The van der Waals surface area contributed by atoms with Crippen molar-refractivity contribution in [3.63, 3.8) is 0 Å². The lowest BCUT2D eigenvalue weighted by Crippen LogP contribution is -2.09. The molecule has 13 heavy (non-hydrogen) atoms. The van der Waals surface area contributed by atoms with E-state index in [9.17, 15) is 0 Å². The molecule has 0 saturated carbocycles. The Morgan fingerprint density at radius 3 is 1.77 bits per heavy atom. The minimum Gasteiger partial charge on any atom is -0.231 e. The van der Waals surface area contributed by atoms with Gasteiger partial charge in [0.15, 0.2) is 0 Å². The third-order valence-electron chi connectivity index (χ3n) is 1.60. The van der Waals surface area contributed by atoms with Crippen molar-refractivity contribution in [2.75, 3.05) is 0 Å². The lowest BCUT2D eigenvalue weighted by Gasteiger charge is -1.97. The first-order chi connectivity index (χ1) is 6.24. The summed E-state index contributed by atoms with van der Waals surface area (Å²) in [4.78, 5) is 0. The molecule has 0 saturated heterocycles. The van der Waals surface area contributed by atoms with Crippen molar-refractivity contribution in [3.8, 4) is 0 Å². The van der Waals surface area contributed by atoms with Crippen molar-refractivity contribution in [2.45, 2.75) is 20.5 Å². The Morgan fingerprint density at radius 2 is 1.46 bits per heavy atom. The van der Waals surface area contributed by atoms with Crippen molar-refractivity contribution in [3.05, 3.63) is 23.8 Å². The predicted octanol–water partition coefficient (Wildman–Crippen LogP) is -0.00776. The summed E-state index contributed by atoms with van der Waals surface area (Å²) in [6.07, 6.45) is 3.72. The van der Waals surface area contributed by atoms with Crippen molar-refractivity contribution in [2.24, 2.45) is 0 Å². The molecule has 0 amide bonds. The molecule has 2 aromatic rings. The van der Waals surface area contributed by atoms with Crippen molar-refractivity contribution >= 4 is 0 Å². The Hall–Kier alpha value is -1.72. The normalized spacial score (nSPS) is 10.6. The molecule has 2 aromatic heterocycles. The number of aryl methyl sites for hydroxylation is 2. The first kappa shape index (κ1) is 7.90. The molecular weight excluding hydrogens is 168 g/mol. The molecule has 0 unspecified atom stereocenters. The second kappa shape index (κ2) is 2.96. The average molecular weight is 178 g/mol. The maximum absolute atomic E-state index is 3.90. The molecule has 0 spiro atoms. The molecular formula is C7H10N6. The van der Waals surface area contributed by atoms with Gasteiger partial charge < -0.3 is 0 Å². The molecule has 0 N–H and O–H groups in total. The first-order valence-corrected chi connectivity index (χ1v) is 3.97. The third kappa shape index (κ3) is 1.71. The summed E-state index contributed by atoms with van der Waals surface area (Å²) in [6.45, 7) is 4.36. The largest absolute Gasteiger partial charge is 0.231 e. The van der Waals surface area contributed by atoms with E-state index in [0.29, 0.717) is 6.67 Å². The van der Waals surface area contributed by atoms with Gasteiger partial charge >= 0.3 is 0 Å². The lowest BCUT2D eigenvalue weighted by molar-refractivity contribution is 0.478. The molecule has 0 fully saturated rings. The van der Waals surface area contributed by atoms with Gasteiger partial charge in [0.25, 0.3) is 0 Å². The van der Waals surface area contributed by atoms with Gasteiger partial charge in [-0.1, -0.05) is 10.4 Å². The van der Waals surface area contributed by atoms with Crippen LogP contribution in [0.4, 0.5) is 0 Å². The van der Waals surface area contributed by atoms with Crippen molar-refractivity contribution in [1.82, 2.24) is 30.0 Å². The molecule has 0 bridgehead atoms. The molecule has 68 valence electrons. The van der Waals surface area contributed by atoms with Crippen molar-refractivity contribution < 1.29 is 0 Å². The van der Waals surface area contributed by atoms with Crippen LogP contribution in [0.5, 0.6) is 0 Å². The summed E-state index contributed by atoms with van der Waals surface area (Å²) >= 11 is 0. The van der Waals surface area contributed by atoms with Crippen LogP contribution in [0.2, 0.25) is 0 Å². The van der Waals surface area contributed by atoms with Crippen LogP contribution in [0.15, 0.2) is 12.4 Å². The Kier molecular flexibility index (Phi) is 1.80. The zero-order valence-corrected chi connectivity index (χ0v) is 7.55. The minimum atomic E-state index is 0.557.